The van der Waals surface area contributed by atoms with Crippen LogP contribution in [0.25, 0.3) is 0 Å². The van der Waals surface area contributed by atoms with E-state index in [-0.39, 0.29) is 5.91 Å². The van der Waals surface area contributed by atoms with Gasteiger partial charge >= 0.3 is 0 Å². The molecule has 0 saturated heterocycles. The van der Waals surface area contributed by atoms with E-state index in [0.29, 0.717) is 17.3 Å². The number of anilines is 3. The lowest BCUT2D eigenvalue weighted by Crippen LogP contribution is -2.10. The van der Waals surface area contributed by atoms with Gasteiger partial charge in [-0.1, -0.05) is 0 Å². The van der Waals surface area contributed by atoms with Gasteiger partial charge in [-0.05, 0) is 12.1 Å². The molecule has 12 heavy (non-hydrogen) atoms. The summed E-state index contributed by atoms with van der Waals surface area (Å²) in [6, 6.07) is 3.16. The second-order valence-electron chi connectivity index (χ2n) is 2.36. The molecule has 5 nitrogen and oxygen atoms in total. The molecule has 0 aliphatic heterocycles. The van der Waals surface area contributed by atoms with Crippen molar-refractivity contribution in [2.45, 2.75) is 6.92 Å². The molecule has 5 N–H and O–H groups in total. The maximum absolute atomic E-state index is 10.6. The van der Waals surface area contributed by atoms with Crippen LogP contribution >= 0.6 is 0 Å². The van der Waals surface area contributed by atoms with Gasteiger partial charge in [0.2, 0.25) is 5.91 Å². The first-order chi connectivity index (χ1) is 5.59. The molecular formula is C7H10N4O. The minimum atomic E-state index is -0.222. The third kappa shape index (κ3) is 1.85. The maximum atomic E-state index is 10.6. The first-order valence-corrected chi connectivity index (χ1v) is 3.39. The Kier molecular flexibility index (Phi) is 2.14. The zero-order valence-corrected chi connectivity index (χ0v) is 6.66. The zero-order valence-electron chi connectivity index (χ0n) is 6.66. The summed E-state index contributed by atoms with van der Waals surface area (Å²) in [4.78, 5) is 14.5. The van der Waals surface area contributed by atoms with Crippen LogP contribution in [-0.4, -0.2) is 10.9 Å². The number of carbonyl (C=O) groups is 1. The van der Waals surface area contributed by atoms with Gasteiger partial charge in [-0.3, -0.25) is 4.79 Å². The van der Waals surface area contributed by atoms with Gasteiger partial charge in [0.15, 0.2) is 5.82 Å². The Morgan fingerprint density at radius 3 is 2.75 bits per heavy atom. The zero-order chi connectivity index (χ0) is 9.14. The minimum Gasteiger partial charge on any atom is -0.396 e. The molecular weight excluding hydrogens is 156 g/mol. The standard InChI is InChI=1S/C7H10N4O/c1-4(12)10-7-5(8)2-3-6(9)11-7/h2-3H,8H2,1H3,(H3,9,10,11,12). The molecule has 0 aromatic carbocycles. The third-order valence-corrected chi connectivity index (χ3v) is 1.24. The van der Waals surface area contributed by atoms with Crippen molar-refractivity contribution in [3.63, 3.8) is 0 Å². The van der Waals surface area contributed by atoms with E-state index < -0.39 is 0 Å². The number of rotatable bonds is 1. The number of nitrogen functional groups attached to an aromatic ring is 2. The van der Waals surface area contributed by atoms with Crippen LogP contribution in [0.15, 0.2) is 12.1 Å². The van der Waals surface area contributed by atoms with Crippen molar-refractivity contribution in [3.05, 3.63) is 12.1 Å². The number of pyridine rings is 1. The van der Waals surface area contributed by atoms with Gasteiger partial charge in [0.25, 0.3) is 0 Å². The predicted molar refractivity (Wildman–Crippen MR) is 47.4 cm³/mol. The quantitative estimate of drug-likeness (QED) is 0.555. The average Bonchev–Trinajstić information content (AvgIpc) is 1.96. The Hall–Kier alpha value is -1.78. The van der Waals surface area contributed by atoms with Gasteiger partial charge in [0.1, 0.15) is 5.82 Å². The highest BCUT2D eigenvalue weighted by Gasteiger charge is 2.01. The number of hydrogen-bond acceptors (Lipinski definition) is 4. The number of nitrogens with zero attached hydrogens (tertiary/aromatic N) is 1. The van der Waals surface area contributed by atoms with E-state index >= 15 is 0 Å². The molecule has 0 saturated carbocycles. The number of amides is 1. The number of carbonyl (C=O) groups excluding carboxylic acids is 1. The molecule has 1 rings (SSSR count). The predicted octanol–water partition coefficient (Wildman–Crippen LogP) is 0.204. The van der Waals surface area contributed by atoms with E-state index in [1.54, 1.807) is 12.1 Å². The van der Waals surface area contributed by atoms with Crippen molar-refractivity contribution in [1.29, 1.82) is 0 Å². The van der Waals surface area contributed by atoms with E-state index in [4.69, 9.17) is 11.5 Å². The van der Waals surface area contributed by atoms with Crippen LogP contribution < -0.4 is 16.8 Å². The van der Waals surface area contributed by atoms with E-state index in [1.807, 2.05) is 0 Å². The summed E-state index contributed by atoms with van der Waals surface area (Å²) in [5, 5.41) is 2.46. The Labute approximate surface area is 69.8 Å². The number of nitrogens with two attached hydrogens (primary N) is 2. The molecule has 0 fully saturated rings. The Morgan fingerprint density at radius 1 is 1.50 bits per heavy atom. The van der Waals surface area contributed by atoms with E-state index in [9.17, 15) is 4.79 Å². The number of nitrogens with one attached hydrogen (secondary N) is 1. The molecule has 0 spiro atoms. The molecule has 1 aromatic heterocycles. The smallest absolute Gasteiger partial charge is 0.222 e. The van der Waals surface area contributed by atoms with Crippen molar-refractivity contribution in [1.82, 2.24) is 4.98 Å². The Morgan fingerprint density at radius 2 is 2.17 bits per heavy atom. The molecule has 0 atom stereocenters. The SMILES string of the molecule is CC(=O)Nc1nc(N)ccc1N. The Bertz CT molecular complexity index is 310. The highest BCUT2D eigenvalue weighted by molar-refractivity contribution is 5.90. The van der Waals surface area contributed by atoms with E-state index in [1.165, 1.54) is 6.92 Å². The summed E-state index contributed by atoms with van der Waals surface area (Å²) in [7, 11) is 0. The van der Waals surface area contributed by atoms with Crippen molar-refractivity contribution in [3.8, 4) is 0 Å². The van der Waals surface area contributed by atoms with Gasteiger partial charge in [-0.15, -0.1) is 0 Å². The fraction of sp³-hybridized carbons (Fsp3) is 0.143. The summed E-state index contributed by atoms with van der Waals surface area (Å²) < 4.78 is 0. The van der Waals surface area contributed by atoms with E-state index in [2.05, 4.69) is 10.3 Å². The highest BCUT2D eigenvalue weighted by atomic mass is 16.1. The molecule has 1 heterocycles. The maximum Gasteiger partial charge on any atom is 0.222 e. The van der Waals surface area contributed by atoms with E-state index in [0.717, 1.165) is 0 Å². The van der Waals surface area contributed by atoms with Gasteiger partial charge in [0.05, 0.1) is 5.69 Å². The monoisotopic (exact) mass is 166 g/mol. The van der Waals surface area contributed by atoms with Crippen LogP contribution in [0.4, 0.5) is 17.3 Å². The van der Waals surface area contributed by atoms with Crippen molar-refractivity contribution < 1.29 is 4.79 Å². The normalized spacial score (nSPS) is 9.42. The van der Waals surface area contributed by atoms with Crippen LogP contribution in [0.5, 0.6) is 0 Å². The largest absolute Gasteiger partial charge is 0.396 e. The molecule has 1 aromatic rings. The fourth-order valence-corrected chi connectivity index (χ4v) is 0.752. The van der Waals surface area contributed by atoms with Crippen molar-refractivity contribution >= 4 is 23.2 Å². The van der Waals surface area contributed by atoms with Crippen LogP contribution in [0.1, 0.15) is 6.92 Å². The van der Waals surface area contributed by atoms with Gasteiger partial charge < -0.3 is 16.8 Å². The topological polar surface area (TPSA) is 94.0 Å². The summed E-state index contributed by atoms with van der Waals surface area (Å²) in [6.45, 7) is 1.38. The summed E-state index contributed by atoms with van der Waals surface area (Å²) in [5.41, 5.74) is 11.3. The molecule has 64 valence electrons. The lowest BCUT2D eigenvalue weighted by molar-refractivity contribution is -0.114. The van der Waals surface area contributed by atoms with Gasteiger partial charge in [-0.25, -0.2) is 4.98 Å². The first kappa shape index (κ1) is 8.32. The molecule has 0 radical (unpaired) electrons. The van der Waals surface area contributed by atoms with Crippen LogP contribution in [-0.2, 0) is 4.79 Å². The van der Waals surface area contributed by atoms with Crippen LogP contribution in [0, 0.1) is 0 Å². The minimum absolute atomic E-state index is 0.222. The second kappa shape index (κ2) is 3.08. The number of aromatic nitrogens is 1. The summed E-state index contributed by atoms with van der Waals surface area (Å²) >= 11 is 0. The number of hydrogen-bond donors (Lipinski definition) is 3. The first-order valence-electron chi connectivity index (χ1n) is 3.39. The highest BCUT2D eigenvalue weighted by Crippen LogP contribution is 2.15. The third-order valence-electron chi connectivity index (χ3n) is 1.24. The average molecular weight is 166 g/mol. The second-order valence-corrected chi connectivity index (χ2v) is 2.36. The summed E-state index contributed by atoms with van der Waals surface area (Å²) in [6.07, 6.45) is 0. The van der Waals surface area contributed by atoms with Crippen LogP contribution in [0.3, 0.4) is 0 Å². The molecule has 0 unspecified atom stereocenters. The Balaban J connectivity index is 2.97. The van der Waals surface area contributed by atoms with Gasteiger partial charge in [0, 0.05) is 6.92 Å². The van der Waals surface area contributed by atoms with Gasteiger partial charge in [-0.2, -0.15) is 0 Å². The van der Waals surface area contributed by atoms with Crippen molar-refractivity contribution in [2.24, 2.45) is 0 Å². The molecule has 0 bridgehead atoms. The lowest BCUT2D eigenvalue weighted by Gasteiger charge is -2.04. The molecule has 0 aliphatic rings. The molecule has 1 amide bonds. The molecule has 0 aliphatic carbocycles. The van der Waals surface area contributed by atoms with Crippen molar-refractivity contribution in [2.75, 3.05) is 16.8 Å². The fourth-order valence-electron chi connectivity index (χ4n) is 0.752. The lowest BCUT2D eigenvalue weighted by atomic mass is 10.4. The van der Waals surface area contributed by atoms with Crippen LogP contribution in [0.2, 0.25) is 0 Å². The summed E-state index contributed by atoms with van der Waals surface area (Å²) in [5.74, 6) is 0.412. The molecule has 5 heteroatoms.